The van der Waals surface area contributed by atoms with Gasteiger partial charge in [0.15, 0.2) is 0 Å². The van der Waals surface area contributed by atoms with Crippen molar-refractivity contribution < 1.29 is 17.9 Å². The molecule has 0 bridgehead atoms. The molecule has 0 saturated heterocycles. The van der Waals surface area contributed by atoms with Crippen LogP contribution in [0.1, 0.15) is 16.7 Å². The van der Waals surface area contributed by atoms with Crippen LogP contribution in [0.5, 0.6) is 5.75 Å². The first-order chi connectivity index (χ1) is 12.7. The Morgan fingerprint density at radius 3 is 2.15 bits per heavy atom. The smallest absolute Gasteiger partial charge is 0.406 e. The Morgan fingerprint density at radius 1 is 0.926 bits per heavy atom. The van der Waals surface area contributed by atoms with E-state index in [0.29, 0.717) is 17.8 Å². The van der Waals surface area contributed by atoms with Crippen molar-refractivity contribution in [3.8, 4) is 17.0 Å². The van der Waals surface area contributed by atoms with E-state index in [-0.39, 0.29) is 11.3 Å². The van der Waals surface area contributed by atoms with E-state index < -0.39 is 6.36 Å². The highest BCUT2D eigenvalue weighted by atomic mass is 19.4. The number of ether oxygens (including phenoxy) is 1. The molecule has 0 N–H and O–H groups in total. The Balaban J connectivity index is 1.97. The largest absolute Gasteiger partial charge is 0.573 e. The van der Waals surface area contributed by atoms with Crippen LogP contribution in [0.3, 0.4) is 0 Å². The van der Waals surface area contributed by atoms with Crippen molar-refractivity contribution >= 4 is 0 Å². The quantitative estimate of drug-likeness (QED) is 0.639. The van der Waals surface area contributed by atoms with Gasteiger partial charge in [-0.1, -0.05) is 35.4 Å². The summed E-state index contributed by atoms with van der Waals surface area (Å²) >= 11 is 0. The monoisotopic (exact) mass is 373 g/mol. The Labute approximate surface area is 154 Å². The van der Waals surface area contributed by atoms with Gasteiger partial charge in [0.2, 0.25) is 0 Å². The summed E-state index contributed by atoms with van der Waals surface area (Å²) in [6, 6.07) is 16.4. The summed E-state index contributed by atoms with van der Waals surface area (Å²) < 4.78 is 42.5. The number of rotatable bonds is 4. The number of pyridine rings is 1. The lowest BCUT2D eigenvalue weighted by Gasteiger charge is -2.15. The maximum atomic E-state index is 12.4. The number of hydrogen-bond donors (Lipinski definition) is 0. The van der Waals surface area contributed by atoms with Crippen LogP contribution in [0.2, 0.25) is 0 Å². The minimum atomic E-state index is -4.74. The van der Waals surface area contributed by atoms with E-state index in [9.17, 15) is 18.0 Å². The maximum Gasteiger partial charge on any atom is 0.573 e. The van der Waals surface area contributed by atoms with Crippen molar-refractivity contribution in [3.05, 3.63) is 87.7 Å². The number of aromatic nitrogens is 1. The molecule has 140 valence electrons. The fourth-order valence-electron chi connectivity index (χ4n) is 3.11. The van der Waals surface area contributed by atoms with E-state index in [4.69, 9.17) is 0 Å². The molecule has 0 aliphatic rings. The lowest BCUT2D eigenvalue weighted by molar-refractivity contribution is -0.274. The molecule has 0 fully saturated rings. The van der Waals surface area contributed by atoms with Gasteiger partial charge in [-0.2, -0.15) is 0 Å². The van der Waals surface area contributed by atoms with E-state index in [1.54, 1.807) is 16.7 Å². The zero-order chi connectivity index (χ0) is 19.6. The molecule has 1 heterocycles. The predicted octanol–water partition coefficient (Wildman–Crippen LogP) is 5.08. The van der Waals surface area contributed by atoms with E-state index in [2.05, 4.69) is 10.8 Å². The fraction of sp³-hybridized carbons (Fsp3) is 0.190. The highest BCUT2D eigenvalue weighted by molar-refractivity contribution is 5.60. The molecule has 2 aromatic carbocycles. The molecule has 3 aromatic rings. The van der Waals surface area contributed by atoms with Gasteiger partial charge >= 0.3 is 6.36 Å². The molecular formula is C21H18F3NO2. The molecule has 27 heavy (non-hydrogen) atoms. The van der Waals surface area contributed by atoms with Gasteiger partial charge in [0.05, 0.1) is 12.2 Å². The minimum absolute atomic E-state index is 0.178. The van der Waals surface area contributed by atoms with Crippen molar-refractivity contribution in [3.63, 3.8) is 0 Å². The van der Waals surface area contributed by atoms with Gasteiger partial charge in [-0.05, 0) is 55.3 Å². The number of halogens is 3. The molecule has 0 saturated carbocycles. The molecule has 3 nitrogen and oxygen atoms in total. The number of alkyl halides is 3. The summed E-state index contributed by atoms with van der Waals surface area (Å²) in [5, 5.41) is 0. The van der Waals surface area contributed by atoms with Crippen LogP contribution in [-0.2, 0) is 6.54 Å². The summed E-state index contributed by atoms with van der Waals surface area (Å²) in [4.78, 5) is 12.4. The first kappa shape index (κ1) is 18.8. The van der Waals surface area contributed by atoms with Crippen LogP contribution < -0.4 is 10.3 Å². The standard InChI is InChI=1S/C21H18F3NO2/c1-14-10-15(2)12-16(11-14)13-25-19(4-3-5-20(25)26)17-6-8-18(9-7-17)27-21(22,23)24/h3-12H,13H2,1-2H3. The summed E-state index contributed by atoms with van der Waals surface area (Å²) in [6.45, 7) is 4.35. The van der Waals surface area contributed by atoms with E-state index in [0.717, 1.165) is 16.7 Å². The number of hydrogen-bond acceptors (Lipinski definition) is 2. The molecule has 0 radical (unpaired) electrons. The minimum Gasteiger partial charge on any atom is -0.406 e. The molecule has 0 spiro atoms. The maximum absolute atomic E-state index is 12.4. The normalized spacial score (nSPS) is 11.4. The Morgan fingerprint density at radius 2 is 1.56 bits per heavy atom. The number of benzene rings is 2. The second kappa shape index (κ2) is 7.31. The van der Waals surface area contributed by atoms with Crippen molar-refractivity contribution in [2.45, 2.75) is 26.8 Å². The summed E-state index contributed by atoms with van der Waals surface area (Å²) in [7, 11) is 0. The van der Waals surface area contributed by atoms with Crippen molar-refractivity contribution in [2.75, 3.05) is 0 Å². The highest BCUT2D eigenvalue weighted by Crippen LogP contribution is 2.26. The molecule has 1 aromatic heterocycles. The van der Waals surface area contributed by atoms with Gasteiger partial charge in [-0.15, -0.1) is 13.2 Å². The SMILES string of the molecule is Cc1cc(C)cc(Cn2c(-c3ccc(OC(F)(F)F)cc3)cccc2=O)c1. The first-order valence-corrected chi connectivity index (χ1v) is 8.34. The van der Waals surface area contributed by atoms with Crippen LogP contribution in [0.4, 0.5) is 13.2 Å². The zero-order valence-corrected chi connectivity index (χ0v) is 14.9. The topological polar surface area (TPSA) is 31.2 Å². The van der Waals surface area contributed by atoms with Gasteiger partial charge in [0.1, 0.15) is 5.75 Å². The molecule has 6 heteroatoms. The molecule has 0 unspecified atom stereocenters. The summed E-state index contributed by atoms with van der Waals surface area (Å²) in [5.74, 6) is -0.301. The molecule has 0 atom stereocenters. The molecule has 3 rings (SSSR count). The van der Waals surface area contributed by atoms with Crippen LogP contribution in [0, 0.1) is 13.8 Å². The summed E-state index contributed by atoms with van der Waals surface area (Å²) in [6.07, 6.45) is -4.74. The van der Waals surface area contributed by atoms with Crippen LogP contribution in [-0.4, -0.2) is 10.9 Å². The van der Waals surface area contributed by atoms with Gasteiger partial charge in [-0.25, -0.2) is 0 Å². The van der Waals surface area contributed by atoms with E-state index in [1.807, 2.05) is 26.0 Å². The lowest BCUT2D eigenvalue weighted by atomic mass is 10.1. The van der Waals surface area contributed by atoms with Gasteiger partial charge < -0.3 is 9.30 Å². The Kier molecular flexibility index (Phi) is 5.08. The Hall–Kier alpha value is -3.02. The van der Waals surface area contributed by atoms with Crippen molar-refractivity contribution in [1.29, 1.82) is 0 Å². The number of aryl methyl sites for hydroxylation is 2. The molecule has 0 aliphatic heterocycles. The third-order valence-corrected chi connectivity index (χ3v) is 4.06. The van der Waals surface area contributed by atoms with E-state index in [1.165, 1.54) is 30.3 Å². The summed E-state index contributed by atoms with van der Waals surface area (Å²) in [5.41, 5.74) is 4.27. The van der Waals surface area contributed by atoms with E-state index >= 15 is 0 Å². The average Bonchev–Trinajstić information content (AvgIpc) is 2.55. The molecule has 0 amide bonds. The van der Waals surface area contributed by atoms with Crippen molar-refractivity contribution in [1.82, 2.24) is 4.57 Å². The zero-order valence-electron chi connectivity index (χ0n) is 14.9. The van der Waals surface area contributed by atoms with Gasteiger partial charge in [-0.3, -0.25) is 4.79 Å². The third-order valence-electron chi connectivity index (χ3n) is 4.06. The van der Waals surface area contributed by atoms with Gasteiger partial charge in [0, 0.05) is 6.07 Å². The Bertz CT molecular complexity index is 985. The lowest BCUT2D eigenvalue weighted by Crippen LogP contribution is -2.21. The molecular weight excluding hydrogens is 355 g/mol. The predicted molar refractivity (Wildman–Crippen MR) is 97.8 cm³/mol. The number of nitrogens with zero attached hydrogens (tertiary/aromatic N) is 1. The van der Waals surface area contributed by atoms with Crippen LogP contribution >= 0.6 is 0 Å². The third kappa shape index (κ3) is 4.78. The van der Waals surface area contributed by atoms with Crippen molar-refractivity contribution in [2.24, 2.45) is 0 Å². The van der Waals surface area contributed by atoms with Crippen LogP contribution in [0.25, 0.3) is 11.3 Å². The molecule has 0 aliphatic carbocycles. The second-order valence-electron chi connectivity index (χ2n) is 6.40. The first-order valence-electron chi connectivity index (χ1n) is 8.34. The average molecular weight is 373 g/mol. The highest BCUT2D eigenvalue weighted by Gasteiger charge is 2.31. The van der Waals surface area contributed by atoms with Gasteiger partial charge in [0.25, 0.3) is 5.56 Å². The fourth-order valence-corrected chi connectivity index (χ4v) is 3.11. The second-order valence-corrected chi connectivity index (χ2v) is 6.40. The van der Waals surface area contributed by atoms with Crippen LogP contribution in [0.15, 0.2) is 65.5 Å².